The zero-order valence-electron chi connectivity index (χ0n) is 12.9. The molecule has 1 nitrogen and oxygen atoms in total. The maximum atomic E-state index is 2.70. The third-order valence-corrected chi connectivity index (χ3v) is 11.9. The summed E-state index contributed by atoms with van der Waals surface area (Å²) in [5.41, 5.74) is 1.77. The molecule has 0 N–H and O–H groups in total. The Kier molecular flexibility index (Phi) is 3.03. The van der Waals surface area contributed by atoms with Crippen LogP contribution in [0.3, 0.4) is 0 Å². The van der Waals surface area contributed by atoms with Crippen LogP contribution in [0.4, 0.5) is 0 Å². The van der Waals surface area contributed by atoms with Gasteiger partial charge in [0.15, 0.2) is 0 Å². The molecule has 18 heavy (non-hydrogen) atoms. The minimum absolute atomic E-state index is 0.304. The zero-order chi connectivity index (χ0) is 13.8. The Labute approximate surface area is 113 Å². The smallest absolute Gasteiger partial charge is 0.128 e. The molecule has 0 aromatic heterocycles. The van der Waals surface area contributed by atoms with E-state index in [1.807, 2.05) is 0 Å². The van der Waals surface area contributed by atoms with Crippen molar-refractivity contribution in [2.75, 3.05) is 7.05 Å². The van der Waals surface area contributed by atoms with Gasteiger partial charge in [-0.05, 0) is 23.1 Å². The Balaban J connectivity index is 2.56. The van der Waals surface area contributed by atoms with E-state index < -0.39 is 8.24 Å². The van der Waals surface area contributed by atoms with Crippen molar-refractivity contribution >= 4 is 8.24 Å². The van der Waals surface area contributed by atoms with Crippen LogP contribution >= 0.6 is 0 Å². The molecule has 2 heteroatoms. The van der Waals surface area contributed by atoms with E-state index in [0.29, 0.717) is 16.5 Å². The Bertz CT molecular complexity index is 434. The largest absolute Gasteiger partial charge is 0.319 e. The summed E-state index contributed by atoms with van der Waals surface area (Å²) in [7, 11) is 0.915. The molecule has 1 fully saturated rings. The van der Waals surface area contributed by atoms with Crippen molar-refractivity contribution < 1.29 is 0 Å². The molecule has 0 spiro atoms. The average Bonchev–Trinajstić information content (AvgIpc) is 2.37. The highest BCUT2D eigenvalue weighted by Crippen LogP contribution is 2.66. The Morgan fingerprint density at radius 1 is 1.00 bits per heavy atom. The maximum absolute atomic E-state index is 2.70. The molecule has 0 radical (unpaired) electrons. The van der Waals surface area contributed by atoms with Gasteiger partial charge >= 0.3 is 0 Å². The third kappa shape index (κ3) is 1.55. The normalized spacial score (nSPS) is 29.4. The zero-order valence-corrected chi connectivity index (χ0v) is 13.9. The van der Waals surface area contributed by atoms with E-state index in [-0.39, 0.29) is 0 Å². The molecular weight excluding hydrogens is 234 g/mol. The van der Waals surface area contributed by atoms with Crippen LogP contribution < -0.4 is 0 Å². The molecule has 1 saturated heterocycles. The number of hydrogen-bond acceptors (Lipinski definition) is 1. The monoisotopic (exact) mass is 261 g/mol. The van der Waals surface area contributed by atoms with Crippen molar-refractivity contribution in [1.82, 2.24) is 4.57 Å². The van der Waals surface area contributed by atoms with Crippen LogP contribution in [0.25, 0.3) is 0 Å². The Hall–Kier alpha value is -0.603. The lowest BCUT2D eigenvalue weighted by molar-refractivity contribution is 0.180. The lowest BCUT2D eigenvalue weighted by Gasteiger charge is -2.43. The van der Waals surface area contributed by atoms with E-state index in [2.05, 4.69) is 82.7 Å². The van der Waals surface area contributed by atoms with Gasteiger partial charge in [-0.3, -0.25) is 0 Å². The Morgan fingerprint density at radius 3 is 1.89 bits per heavy atom. The fourth-order valence-electron chi connectivity index (χ4n) is 3.65. The number of hydrogen-bond donors (Lipinski definition) is 0. The van der Waals surface area contributed by atoms with Crippen molar-refractivity contribution in [2.24, 2.45) is 5.41 Å². The first-order chi connectivity index (χ1) is 8.14. The predicted octanol–water partition coefficient (Wildman–Crippen LogP) is 4.68. The first-order valence-electron chi connectivity index (χ1n) is 6.92. The van der Waals surface area contributed by atoms with Gasteiger partial charge < -0.3 is 4.57 Å². The summed E-state index contributed by atoms with van der Waals surface area (Å²) in [5, 5.41) is 0.398. The summed E-state index contributed by atoms with van der Waals surface area (Å²) < 4.78 is 2.70. The second kappa shape index (κ2) is 3.94. The molecule has 1 aromatic rings. The average molecular weight is 261 g/mol. The van der Waals surface area contributed by atoms with Crippen molar-refractivity contribution in [1.29, 1.82) is 0 Å². The van der Waals surface area contributed by atoms with Crippen molar-refractivity contribution in [3.05, 3.63) is 35.9 Å². The Morgan fingerprint density at radius 2 is 1.50 bits per heavy atom. The van der Waals surface area contributed by atoms with Crippen molar-refractivity contribution in [3.8, 4) is 0 Å². The van der Waals surface area contributed by atoms with Gasteiger partial charge in [-0.2, -0.15) is 0 Å². The number of benzene rings is 1. The van der Waals surface area contributed by atoms with E-state index in [1.54, 1.807) is 0 Å². The first kappa shape index (κ1) is 13.8. The lowest BCUT2D eigenvalue weighted by atomic mass is 9.72. The summed E-state index contributed by atoms with van der Waals surface area (Å²) in [5.74, 6) is 0. The molecule has 0 amide bonds. The van der Waals surface area contributed by atoms with E-state index in [0.717, 1.165) is 0 Å². The summed E-state index contributed by atoms with van der Waals surface area (Å²) in [6.07, 6.45) is 0. The van der Waals surface area contributed by atoms with Crippen LogP contribution in [0.5, 0.6) is 0 Å². The molecule has 1 heterocycles. The molecule has 0 saturated carbocycles. The highest BCUT2D eigenvalue weighted by Gasteiger charge is 2.63. The topological polar surface area (TPSA) is 3.24 Å². The molecule has 1 atom stereocenters. The van der Waals surface area contributed by atoms with E-state index in [1.165, 1.54) is 5.56 Å². The van der Waals surface area contributed by atoms with Gasteiger partial charge in [0.2, 0.25) is 0 Å². The third-order valence-electron chi connectivity index (χ3n) is 6.21. The minimum Gasteiger partial charge on any atom is -0.319 e. The van der Waals surface area contributed by atoms with E-state index in [9.17, 15) is 0 Å². The van der Waals surface area contributed by atoms with E-state index in [4.69, 9.17) is 0 Å². The van der Waals surface area contributed by atoms with Crippen LogP contribution in [-0.4, -0.2) is 19.8 Å². The second-order valence-corrected chi connectivity index (χ2v) is 12.4. The van der Waals surface area contributed by atoms with Crippen molar-refractivity contribution in [2.45, 2.75) is 51.9 Å². The van der Waals surface area contributed by atoms with Crippen LogP contribution in [-0.2, 0) is 0 Å². The summed E-state index contributed by atoms with van der Waals surface area (Å²) in [6, 6.07) is 11.6. The van der Waals surface area contributed by atoms with Gasteiger partial charge in [0.05, 0.1) is 0 Å². The van der Waals surface area contributed by atoms with Gasteiger partial charge in [-0.15, -0.1) is 0 Å². The van der Waals surface area contributed by atoms with Crippen LogP contribution in [0, 0.1) is 5.41 Å². The van der Waals surface area contributed by atoms with Gasteiger partial charge in [-0.25, -0.2) is 0 Å². The van der Waals surface area contributed by atoms with Crippen LogP contribution in [0.1, 0.15) is 39.3 Å². The maximum Gasteiger partial charge on any atom is 0.128 e. The summed E-state index contributed by atoms with van der Waals surface area (Å²) in [6.45, 7) is 14.9. The standard InChI is InChI=1S/C16H27NSi/c1-15(2)14(13-11-9-8-10-12-13)17(5)18(6,7)16(15,3)4/h8-12,14H,1-7H3. The highest BCUT2D eigenvalue weighted by molar-refractivity contribution is 6.78. The quantitative estimate of drug-likeness (QED) is 0.663. The van der Waals surface area contributed by atoms with Crippen molar-refractivity contribution in [3.63, 3.8) is 0 Å². The second-order valence-electron chi connectivity index (χ2n) is 7.33. The van der Waals surface area contributed by atoms with Gasteiger partial charge in [0.25, 0.3) is 0 Å². The predicted molar refractivity (Wildman–Crippen MR) is 82.3 cm³/mol. The number of rotatable bonds is 1. The molecule has 1 aliphatic heterocycles. The fourth-order valence-corrected chi connectivity index (χ4v) is 7.37. The molecule has 1 unspecified atom stereocenters. The van der Waals surface area contributed by atoms with Crippen LogP contribution in [0.15, 0.2) is 30.3 Å². The van der Waals surface area contributed by atoms with Gasteiger partial charge in [0.1, 0.15) is 8.24 Å². The molecule has 1 aromatic carbocycles. The molecule has 1 aliphatic rings. The van der Waals surface area contributed by atoms with Gasteiger partial charge in [0, 0.05) is 6.04 Å². The first-order valence-corrected chi connectivity index (χ1v) is 9.86. The minimum atomic E-state index is -1.42. The molecule has 0 bridgehead atoms. The highest BCUT2D eigenvalue weighted by atomic mass is 28.3. The molecule has 100 valence electrons. The molecular formula is C16H27NSi. The summed E-state index contributed by atoms with van der Waals surface area (Å²) >= 11 is 0. The molecule has 2 rings (SSSR count). The van der Waals surface area contributed by atoms with Gasteiger partial charge in [-0.1, -0.05) is 71.1 Å². The van der Waals surface area contributed by atoms with Crippen LogP contribution in [0.2, 0.25) is 18.1 Å². The number of nitrogens with zero attached hydrogens (tertiary/aromatic N) is 1. The summed E-state index contributed by atoms with van der Waals surface area (Å²) in [4.78, 5) is 0. The fraction of sp³-hybridized carbons (Fsp3) is 0.625. The molecule has 0 aliphatic carbocycles. The van der Waals surface area contributed by atoms with E-state index >= 15 is 0 Å². The lowest BCUT2D eigenvalue weighted by Crippen LogP contribution is -2.48. The SMILES string of the molecule is CN1C(c2ccccc2)C(C)(C)C(C)(C)[Si]1(C)C.